The molecule has 1 atom stereocenters. The Kier molecular flexibility index (Phi) is 5.78. The van der Waals surface area contributed by atoms with Gasteiger partial charge in [0.05, 0.1) is 22.1 Å². The van der Waals surface area contributed by atoms with E-state index < -0.39 is 0 Å². The molecule has 214 valence electrons. The molecule has 5 aromatic carbocycles. The highest BCUT2D eigenvalue weighted by atomic mass is 16.3. The molecule has 0 fully saturated rings. The number of furan rings is 1. The van der Waals surface area contributed by atoms with E-state index in [1.165, 1.54) is 0 Å². The molecule has 0 bridgehead atoms. The zero-order valence-electron chi connectivity index (χ0n) is 24.7. The summed E-state index contributed by atoms with van der Waals surface area (Å²) < 4.78 is 8.64. The smallest absolute Gasteiger partial charge is 0.164 e. The summed E-state index contributed by atoms with van der Waals surface area (Å²) in [7, 11) is 0. The van der Waals surface area contributed by atoms with E-state index in [0.717, 1.165) is 72.6 Å². The van der Waals surface area contributed by atoms with Crippen molar-refractivity contribution in [3.8, 4) is 28.5 Å². The number of nitrogens with zero attached hydrogens (tertiary/aromatic N) is 4. The van der Waals surface area contributed by atoms with Crippen LogP contribution in [0.1, 0.15) is 19.2 Å². The lowest BCUT2D eigenvalue weighted by Crippen LogP contribution is -2.04. The minimum atomic E-state index is 0.500. The van der Waals surface area contributed by atoms with Crippen molar-refractivity contribution < 1.29 is 4.42 Å². The van der Waals surface area contributed by atoms with E-state index in [1.807, 2.05) is 36.4 Å². The van der Waals surface area contributed by atoms with Gasteiger partial charge >= 0.3 is 0 Å². The predicted molar refractivity (Wildman–Crippen MR) is 183 cm³/mol. The summed E-state index contributed by atoms with van der Waals surface area (Å²) in [5, 5.41) is 4.45. The van der Waals surface area contributed by atoms with Crippen molar-refractivity contribution in [1.82, 2.24) is 19.5 Å². The number of hydrogen-bond acceptors (Lipinski definition) is 4. The van der Waals surface area contributed by atoms with Gasteiger partial charge in [-0.3, -0.25) is 0 Å². The fraction of sp³-hybridized carbons (Fsp3) is 0.0750. The first-order valence-corrected chi connectivity index (χ1v) is 15.4. The maximum absolute atomic E-state index is 6.29. The number of fused-ring (bicyclic) bond motifs is 6. The number of hydrogen-bond donors (Lipinski definition) is 0. The molecule has 45 heavy (non-hydrogen) atoms. The Bertz CT molecular complexity index is 2480. The van der Waals surface area contributed by atoms with Crippen molar-refractivity contribution in [1.29, 1.82) is 0 Å². The molecule has 0 N–H and O–H groups in total. The van der Waals surface area contributed by atoms with Gasteiger partial charge in [0.2, 0.25) is 0 Å². The first kappa shape index (κ1) is 25.7. The molecule has 0 aliphatic heterocycles. The van der Waals surface area contributed by atoms with Gasteiger partial charge in [0.25, 0.3) is 0 Å². The number of allylic oxidation sites excluding steroid dienone is 4. The van der Waals surface area contributed by atoms with Crippen LogP contribution >= 0.6 is 0 Å². The molecule has 5 heteroatoms. The third-order valence-corrected chi connectivity index (χ3v) is 8.80. The zero-order chi connectivity index (χ0) is 29.9. The largest absolute Gasteiger partial charge is 0.456 e. The Balaban J connectivity index is 1.34. The predicted octanol–water partition coefficient (Wildman–Crippen LogP) is 10.2. The molecule has 1 aliphatic carbocycles. The van der Waals surface area contributed by atoms with Crippen LogP contribution in [0.15, 0.2) is 138 Å². The van der Waals surface area contributed by atoms with Gasteiger partial charge in [-0.15, -0.1) is 0 Å². The maximum atomic E-state index is 6.29. The topological polar surface area (TPSA) is 56.7 Å². The molecule has 1 aliphatic rings. The Morgan fingerprint density at radius 2 is 1.33 bits per heavy atom. The summed E-state index contributed by atoms with van der Waals surface area (Å²) in [5.74, 6) is 2.52. The molecule has 3 heterocycles. The average molecular weight is 581 g/mol. The number of para-hydroxylation sites is 2. The Morgan fingerprint density at radius 3 is 2.20 bits per heavy atom. The third-order valence-electron chi connectivity index (χ3n) is 8.80. The fourth-order valence-electron chi connectivity index (χ4n) is 6.64. The highest BCUT2D eigenvalue weighted by molar-refractivity contribution is 6.17. The van der Waals surface area contributed by atoms with E-state index in [0.29, 0.717) is 23.4 Å². The highest BCUT2D eigenvalue weighted by Gasteiger charge is 2.22. The standard InChI is InChI=1S/C40H28N4O/c1-25-21-23-27(24-22-25)39-41-38(26-11-3-2-4-12-26)42-40(43-39)30-15-9-17-32-36(30)28-13-5-7-16-31(28)44(32)33-18-10-20-35-37(33)29-14-6-8-19-34(29)45-35/h2-21,23-25H,22H2,1H3. The third kappa shape index (κ3) is 4.12. The maximum Gasteiger partial charge on any atom is 0.164 e. The number of benzene rings is 5. The van der Waals surface area contributed by atoms with Gasteiger partial charge in [-0.2, -0.15) is 0 Å². The Labute approximate surface area is 259 Å². The van der Waals surface area contributed by atoms with Crippen LogP contribution in [-0.2, 0) is 0 Å². The van der Waals surface area contributed by atoms with E-state index >= 15 is 0 Å². The van der Waals surface area contributed by atoms with Crippen molar-refractivity contribution in [2.45, 2.75) is 13.3 Å². The van der Waals surface area contributed by atoms with Gasteiger partial charge in [0.15, 0.2) is 17.5 Å². The van der Waals surface area contributed by atoms with E-state index in [1.54, 1.807) is 0 Å². The van der Waals surface area contributed by atoms with Crippen molar-refractivity contribution in [3.63, 3.8) is 0 Å². The van der Waals surface area contributed by atoms with Crippen LogP contribution in [0, 0.1) is 5.92 Å². The molecule has 0 saturated heterocycles. The van der Waals surface area contributed by atoms with Crippen LogP contribution < -0.4 is 0 Å². The molecular formula is C40H28N4O. The molecule has 0 spiro atoms. The molecule has 5 nitrogen and oxygen atoms in total. The second-order valence-corrected chi connectivity index (χ2v) is 11.7. The summed E-state index contributed by atoms with van der Waals surface area (Å²) in [6.07, 6.45) is 7.58. The zero-order valence-corrected chi connectivity index (χ0v) is 24.7. The van der Waals surface area contributed by atoms with Crippen LogP contribution in [-0.4, -0.2) is 19.5 Å². The van der Waals surface area contributed by atoms with Crippen molar-refractivity contribution in [2.75, 3.05) is 0 Å². The molecule has 9 rings (SSSR count). The van der Waals surface area contributed by atoms with E-state index in [2.05, 4.69) is 109 Å². The summed E-state index contributed by atoms with van der Waals surface area (Å²) >= 11 is 0. The van der Waals surface area contributed by atoms with Crippen LogP contribution in [0.5, 0.6) is 0 Å². The van der Waals surface area contributed by atoms with Gasteiger partial charge in [0, 0.05) is 32.9 Å². The molecule has 0 radical (unpaired) electrons. The number of rotatable bonds is 4. The van der Waals surface area contributed by atoms with E-state index in [4.69, 9.17) is 19.4 Å². The second kappa shape index (κ2) is 10.1. The fourth-order valence-corrected chi connectivity index (χ4v) is 6.64. The summed E-state index contributed by atoms with van der Waals surface area (Å²) in [5.41, 5.74) is 7.99. The summed E-state index contributed by atoms with van der Waals surface area (Å²) in [4.78, 5) is 15.2. The molecule has 1 unspecified atom stereocenters. The van der Waals surface area contributed by atoms with Gasteiger partial charge in [-0.1, -0.05) is 110 Å². The number of aromatic nitrogens is 4. The molecular weight excluding hydrogens is 552 g/mol. The molecule has 0 amide bonds. The van der Waals surface area contributed by atoms with Crippen molar-refractivity contribution in [2.24, 2.45) is 5.92 Å². The SMILES string of the molecule is CC1C=CC(c2nc(-c3ccccc3)nc(-c3cccc4c3c3ccccc3n4-c3cccc4oc5ccccc5c34)n2)=CC1. The van der Waals surface area contributed by atoms with Crippen LogP contribution in [0.4, 0.5) is 0 Å². The van der Waals surface area contributed by atoms with Crippen molar-refractivity contribution >= 4 is 49.3 Å². The quantitative estimate of drug-likeness (QED) is 0.208. The summed E-state index contributed by atoms with van der Waals surface area (Å²) in [6.45, 7) is 2.22. The van der Waals surface area contributed by atoms with E-state index in [9.17, 15) is 0 Å². The average Bonchev–Trinajstić information content (AvgIpc) is 3.65. The Hall–Kier alpha value is -5.81. The van der Waals surface area contributed by atoms with Crippen LogP contribution in [0.25, 0.3) is 77.8 Å². The first-order valence-electron chi connectivity index (χ1n) is 15.4. The molecule has 0 saturated carbocycles. The molecule has 8 aromatic rings. The van der Waals surface area contributed by atoms with Crippen LogP contribution in [0.2, 0.25) is 0 Å². The minimum Gasteiger partial charge on any atom is -0.456 e. The normalized spacial score (nSPS) is 15.0. The Morgan fingerprint density at radius 1 is 0.622 bits per heavy atom. The second-order valence-electron chi connectivity index (χ2n) is 11.7. The lowest BCUT2D eigenvalue weighted by Gasteiger charge is -2.13. The van der Waals surface area contributed by atoms with Crippen molar-refractivity contribution in [3.05, 3.63) is 139 Å². The van der Waals surface area contributed by atoms with Gasteiger partial charge in [0.1, 0.15) is 11.2 Å². The summed E-state index contributed by atoms with van der Waals surface area (Å²) in [6, 6.07) is 39.7. The van der Waals surface area contributed by atoms with Gasteiger partial charge < -0.3 is 8.98 Å². The lowest BCUT2D eigenvalue weighted by atomic mass is 9.98. The van der Waals surface area contributed by atoms with Gasteiger partial charge in [-0.05, 0) is 42.7 Å². The van der Waals surface area contributed by atoms with E-state index in [-0.39, 0.29) is 0 Å². The van der Waals surface area contributed by atoms with Gasteiger partial charge in [-0.25, -0.2) is 15.0 Å². The minimum absolute atomic E-state index is 0.500. The first-order chi connectivity index (χ1) is 22.2. The molecule has 3 aromatic heterocycles. The monoisotopic (exact) mass is 580 g/mol. The van der Waals surface area contributed by atoms with Crippen LogP contribution in [0.3, 0.4) is 0 Å². The highest BCUT2D eigenvalue weighted by Crippen LogP contribution is 2.41. The lowest BCUT2D eigenvalue weighted by molar-refractivity contribution is 0.669.